The van der Waals surface area contributed by atoms with E-state index in [1.807, 2.05) is 17.6 Å². The number of aryl methyl sites for hydroxylation is 2. The molecule has 3 nitrogen and oxygen atoms in total. The minimum Gasteiger partial charge on any atom is -0.330 e. The van der Waals surface area contributed by atoms with Crippen LogP contribution in [0.1, 0.15) is 16.7 Å². The van der Waals surface area contributed by atoms with E-state index in [-0.39, 0.29) is 5.82 Å². The summed E-state index contributed by atoms with van der Waals surface area (Å²) in [6.45, 7) is 3.67. The van der Waals surface area contributed by atoms with Crippen molar-refractivity contribution in [2.45, 2.75) is 13.8 Å². The van der Waals surface area contributed by atoms with Gasteiger partial charge in [0.25, 0.3) is 0 Å². The van der Waals surface area contributed by atoms with Crippen molar-refractivity contribution in [1.29, 1.82) is 5.26 Å². The number of nitrogens with zero attached hydrogens (tertiary/aromatic N) is 2. The summed E-state index contributed by atoms with van der Waals surface area (Å²) in [4.78, 5) is 3.01. The number of hydrogen-bond donors (Lipinski definition) is 1. The van der Waals surface area contributed by atoms with Gasteiger partial charge in [-0.2, -0.15) is 5.26 Å². The number of aromatic amines is 1. The minimum atomic E-state index is -0.270. The molecule has 0 aliphatic carbocycles. The van der Waals surface area contributed by atoms with Gasteiger partial charge in [-0.25, -0.2) is 4.39 Å². The van der Waals surface area contributed by atoms with E-state index in [0.717, 1.165) is 16.8 Å². The third-order valence-electron chi connectivity index (χ3n) is 3.54. The van der Waals surface area contributed by atoms with E-state index in [2.05, 4.69) is 11.1 Å². The summed E-state index contributed by atoms with van der Waals surface area (Å²) in [5.74, 6) is -0.270. The van der Waals surface area contributed by atoms with Crippen LogP contribution in [-0.2, 0) is 0 Å². The van der Waals surface area contributed by atoms with Gasteiger partial charge in [0.05, 0.1) is 28.4 Å². The monoisotopic (exact) mass is 297 g/mol. The molecule has 0 radical (unpaired) electrons. The van der Waals surface area contributed by atoms with Gasteiger partial charge in [0, 0.05) is 0 Å². The van der Waals surface area contributed by atoms with Crippen LogP contribution in [0, 0.1) is 35.8 Å². The van der Waals surface area contributed by atoms with E-state index in [0.29, 0.717) is 21.4 Å². The molecule has 0 unspecified atom stereocenters. The Bertz CT molecular complexity index is 960. The van der Waals surface area contributed by atoms with Crippen LogP contribution < -0.4 is 0 Å². The summed E-state index contributed by atoms with van der Waals surface area (Å²) in [5.41, 5.74) is 4.39. The Labute approximate surface area is 126 Å². The second-order valence-electron chi connectivity index (χ2n) is 5.00. The van der Waals surface area contributed by atoms with Crippen molar-refractivity contribution in [2.24, 2.45) is 0 Å². The van der Waals surface area contributed by atoms with Crippen molar-refractivity contribution in [1.82, 2.24) is 9.55 Å². The zero-order valence-corrected chi connectivity index (χ0v) is 12.4. The number of halogens is 1. The van der Waals surface area contributed by atoms with Gasteiger partial charge in [0.15, 0.2) is 4.77 Å². The molecule has 3 rings (SSSR count). The second kappa shape index (κ2) is 4.83. The molecule has 5 heteroatoms. The molecule has 1 heterocycles. The summed E-state index contributed by atoms with van der Waals surface area (Å²) in [7, 11) is 0. The summed E-state index contributed by atoms with van der Waals surface area (Å²) in [6, 6.07) is 10.8. The topological polar surface area (TPSA) is 44.5 Å². The fourth-order valence-corrected chi connectivity index (χ4v) is 2.70. The highest BCUT2D eigenvalue weighted by molar-refractivity contribution is 7.71. The molecule has 0 amide bonds. The minimum absolute atomic E-state index is 0.270. The molecule has 0 saturated carbocycles. The third kappa shape index (κ3) is 2.14. The molecule has 2 aromatic carbocycles. The third-order valence-corrected chi connectivity index (χ3v) is 3.83. The van der Waals surface area contributed by atoms with Gasteiger partial charge in [-0.3, -0.25) is 4.57 Å². The number of rotatable bonds is 1. The molecule has 104 valence electrons. The fraction of sp³-hybridized carbons (Fsp3) is 0.125. The Hall–Kier alpha value is -2.45. The van der Waals surface area contributed by atoms with E-state index in [9.17, 15) is 4.39 Å². The number of benzene rings is 2. The molecule has 0 spiro atoms. The van der Waals surface area contributed by atoms with Gasteiger partial charge in [0.2, 0.25) is 0 Å². The average molecular weight is 297 g/mol. The predicted octanol–water partition coefficient (Wildman–Crippen LogP) is 4.32. The first-order valence-corrected chi connectivity index (χ1v) is 6.84. The summed E-state index contributed by atoms with van der Waals surface area (Å²) >= 11 is 5.36. The Morgan fingerprint density at radius 3 is 2.67 bits per heavy atom. The van der Waals surface area contributed by atoms with Gasteiger partial charge in [0.1, 0.15) is 5.82 Å². The van der Waals surface area contributed by atoms with Crippen molar-refractivity contribution in [3.8, 4) is 11.8 Å². The highest BCUT2D eigenvalue weighted by atomic mass is 32.1. The molecule has 0 fully saturated rings. The molecule has 0 aliphatic rings. The Kier molecular flexibility index (Phi) is 3.11. The van der Waals surface area contributed by atoms with Crippen molar-refractivity contribution in [3.63, 3.8) is 0 Å². The van der Waals surface area contributed by atoms with E-state index >= 15 is 0 Å². The second-order valence-corrected chi connectivity index (χ2v) is 5.38. The van der Waals surface area contributed by atoms with E-state index < -0.39 is 0 Å². The number of imidazole rings is 1. The number of H-pyrrole nitrogens is 1. The Balaban J connectivity index is 2.41. The SMILES string of the molecule is Cc1cc2c(cc1F)[nH]c(=S)n2-c1cc(C#N)ccc1C. The lowest BCUT2D eigenvalue weighted by Crippen LogP contribution is -1.98. The molecule has 0 saturated heterocycles. The number of fused-ring (bicyclic) bond motifs is 1. The number of aromatic nitrogens is 2. The molecular weight excluding hydrogens is 285 g/mol. The van der Waals surface area contributed by atoms with Gasteiger partial charge in [-0.1, -0.05) is 6.07 Å². The van der Waals surface area contributed by atoms with E-state index in [1.165, 1.54) is 6.07 Å². The summed E-state index contributed by atoms with van der Waals surface area (Å²) < 4.78 is 16.0. The van der Waals surface area contributed by atoms with Crippen molar-refractivity contribution >= 4 is 23.3 Å². The number of hydrogen-bond acceptors (Lipinski definition) is 2. The molecular formula is C16H12FN3S. The van der Waals surface area contributed by atoms with Crippen LogP contribution in [0.25, 0.3) is 16.7 Å². The highest BCUT2D eigenvalue weighted by Gasteiger charge is 2.11. The Morgan fingerprint density at radius 1 is 1.19 bits per heavy atom. The molecule has 1 N–H and O–H groups in total. The summed E-state index contributed by atoms with van der Waals surface area (Å²) in [5, 5.41) is 9.07. The van der Waals surface area contributed by atoms with Crippen LogP contribution in [0.15, 0.2) is 30.3 Å². The van der Waals surface area contributed by atoms with Crippen molar-refractivity contribution < 1.29 is 4.39 Å². The first kappa shape index (κ1) is 13.5. The standard InChI is InChI=1S/C16H12FN3S/c1-9-3-4-11(8-18)6-14(9)20-15-5-10(2)12(17)7-13(15)19-16(20)21/h3-7H,1-2H3,(H,19,21). The van der Waals surface area contributed by atoms with Crippen molar-refractivity contribution in [2.75, 3.05) is 0 Å². The number of nitrogens with one attached hydrogen (secondary N) is 1. The van der Waals surface area contributed by atoms with Gasteiger partial charge in [-0.05, 0) is 61.5 Å². The average Bonchev–Trinajstić information content (AvgIpc) is 2.75. The van der Waals surface area contributed by atoms with E-state index in [4.69, 9.17) is 17.5 Å². The quantitative estimate of drug-likeness (QED) is 0.680. The fourth-order valence-electron chi connectivity index (χ4n) is 2.39. The molecule has 3 aromatic rings. The lowest BCUT2D eigenvalue weighted by Gasteiger charge is -2.09. The molecule has 21 heavy (non-hydrogen) atoms. The maximum Gasteiger partial charge on any atom is 0.182 e. The van der Waals surface area contributed by atoms with E-state index in [1.54, 1.807) is 25.1 Å². The highest BCUT2D eigenvalue weighted by Crippen LogP contribution is 2.25. The van der Waals surface area contributed by atoms with Crippen LogP contribution in [0.5, 0.6) is 0 Å². The van der Waals surface area contributed by atoms with Crippen LogP contribution in [-0.4, -0.2) is 9.55 Å². The van der Waals surface area contributed by atoms with Crippen LogP contribution >= 0.6 is 12.2 Å². The lowest BCUT2D eigenvalue weighted by atomic mass is 10.1. The zero-order valence-electron chi connectivity index (χ0n) is 11.6. The molecule has 1 aromatic heterocycles. The maximum atomic E-state index is 13.7. The Morgan fingerprint density at radius 2 is 1.95 bits per heavy atom. The van der Waals surface area contributed by atoms with Crippen LogP contribution in [0.2, 0.25) is 0 Å². The number of nitriles is 1. The largest absolute Gasteiger partial charge is 0.330 e. The smallest absolute Gasteiger partial charge is 0.182 e. The molecule has 0 aliphatic heterocycles. The maximum absolute atomic E-state index is 13.7. The molecule has 0 atom stereocenters. The zero-order chi connectivity index (χ0) is 15.1. The predicted molar refractivity (Wildman–Crippen MR) is 82.6 cm³/mol. The van der Waals surface area contributed by atoms with Crippen LogP contribution in [0.4, 0.5) is 4.39 Å². The first-order valence-electron chi connectivity index (χ1n) is 6.43. The molecule has 0 bridgehead atoms. The summed E-state index contributed by atoms with van der Waals surface area (Å²) in [6.07, 6.45) is 0. The first-order chi connectivity index (χ1) is 10.0. The normalized spacial score (nSPS) is 10.8. The van der Waals surface area contributed by atoms with Crippen molar-refractivity contribution in [3.05, 3.63) is 57.6 Å². The van der Waals surface area contributed by atoms with Gasteiger partial charge >= 0.3 is 0 Å². The van der Waals surface area contributed by atoms with Gasteiger partial charge in [-0.15, -0.1) is 0 Å². The lowest BCUT2D eigenvalue weighted by molar-refractivity contribution is 0.620. The van der Waals surface area contributed by atoms with Crippen LogP contribution in [0.3, 0.4) is 0 Å². The van der Waals surface area contributed by atoms with Gasteiger partial charge < -0.3 is 4.98 Å².